The zero-order valence-electron chi connectivity index (χ0n) is 17.3. The van der Waals surface area contributed by atoms with Crippen LogP contribution in [0.15, 0.2) is 24.3 Å². The first kappa shape index (κ1) is 21.7. The van der Waals surface area contributed by atoms with Crippen molar-refractivity contribution in [2.75, 3.05) is 6.54 Å². The van der Waals surface area contributed by atoms with Gasteiger partial charge in [-0.25, -0.2) is 0 Å². The molecule has 1 aliphatic carbocycles. The monoisotopic (exact) mass is 410 g/mol. The standard InChI is InChI=1S/C22H29F3N2O2/c1-13-9-18-16(17(13)11-26-20(29)21(2,3)4)10-19(28)27(18)12-14-5-7-15(8-6-14)22(23,24)25/h5-8,13,16-18H,9-12H2,1-4H3,(H,26,29)/t13-,16-,17+,18+/m0/s1. The second-order valence-electron chi connectivity index (χ2n) is 9.49. The van der Waals surface area contributed by atoms with E-state index >= 15 is 0 Å². The molecular formula is C22H29F3N2O2. The minimum Gasteiger partial charge on any atom is -0.355 e. The largest absolute Gasteiger partial charge is 0.416 e. The van der Waals surface area contributed by atoms with E-state index in [1.807, 2.05) is 25.7 Å². The van der Waals surface area contributed by atoms with Crippen molar-refractivity contribution in [3.05, 3.63) is 35.4 Å². The summed E-state index contributed by atoms with van der Waals surface area (Å²) in [6, 6.07) is 5.10. The second kappa shape index (κ2) is 7.65. The van der Waals surface area contributed by atoms with Crippen molar-refractivity contribution < 1.29 is 22.8 Å². The van der Waals surface area contributed by atoms with E-state index in [0.29, 0.717) is 31.0 Å². The summed E-state index contributed by atoms with van der Waals surface area (Å²) >= 11 is 0. The number of alkyl halides is 3. The molecule has 1 saturated carbocycles. The van der Waals surface area contributed by atoms with Crippen molar-refractivity contribution in [3.8, 4) is 0 Å². The highest BCUT2D eigenvalue weighted by Gasteiger charge is 2.50. The van der Waals surface area contributed by atoms with Crippen LogP contribution in [0, 0.1) is 23.2 Å². The molecule has 1 aromatic carbocycles. The lowest BCUT2D eigenvalue weighted by atomic mass is 9.87. The number of likely N-dealkylation sites (tertiary alicyclic amines) is 1. The molecule has 1 heterocycles. The molecule has 0 unspecified atom stereocenters. The molecule has 7 heteroatoms. The normalized spacial score (nSPS) is 27.3. The summed E-state index contributed by atoms with van der Waals surface area (Å²) < 4.78 is 38.3. The fraction of sp³-hybridized carbons (Fsp3) is 0.636. The van der Waals surface area contributed by atoms with Crippen molar-refractivity contribution in [3.63, 3.8) is 0 Å². The van der Waals surface area contributed by atoms with Gasteiger partial charge in [0.15, 0.2) is 0 Å². The zero-order chi connectivity index (χ0) is 21.6. The topological polar surface area (TPSA) is 49.4 Å². The van der Waals surface area contributed by atoms with Crippen LogP contribution in [0.4, 0.5) is 13.2 Å². The van der Waals surface area contributed by atoms with E-state index < -0.39 is 17.2 Å². The third-order valence-electron chi connectivity index (χ3n) is 6.33. The Morgan fingerprint density at radius 2 is 1.79 bits per heavy atom. The van der Waals surface area contributed by atoms with Gasteiger partial charge in [0.05, 0.1) is 5.56 Å². The molecular weight excluding hydrogens is 381 g/mol. The average Bonchev–Trinajstić information content (AvgIpc) is 3.06. The van der Waals surface area contributed by atoms with Gasteiger partial charge in [-0.1, -0.05) is 39.8 Å². The molecule has 2 amide bonds. The van der Waals surface area contributed by atoms with Crippen LogP contribution in [0.25, 0.3) is 0 Å². The van der Waals surface area contributed by atoms with Crippen molar-refractivity contribution in [2.45, 2.75) is 59.3 Å². The number of hydrogen-bond donors (Lipinski definition) is 1. The molecule has 2 aliphatic rings. The number of hydrogen-bond acceptors (Lipinski definition) is 2. The van der Waals surface area contributed by atoms with Crippen LogP contribution in [0.3, 0.4) is 0 Å². The van der Waals surface area contributed by atoms with Gasteiger partial charge in [-0.2, -0.15) is 13.2 Å². The minimum atomic E-state index is -4.36. The fourth-order valence-corrected chi connectivity index (χ4v) is 4.62. The summed E-state index contributed by atoms with van der Waals surface area (Å²) in [6.45, 7) is 8.63. The number of nitrogens with one attached hydrogen (secondary N) is 1. The first-order chi connectivity index (χ1) is 13.4. The summed E-state index contributed by atoms with van der Waals surface area (Å²) in [5.41, 5.74) is -0.443. The molecule has 2 fully saturated rings. The molecule has 4 nitrogen and oxygen atoms in total. The summed E-state index contributed by atoms with van der Waals surface area (Å²) in [4.78, 5) is 26.7. The van der Waals surface area contributed by atoms with Gasteiger partial charge < -0.3 is 10.2 Å². The highest BCUT2D eigenvalue weighted by Crippen LogP contribution is 2.46. The first-order valence-electron chi connectivity index (χ1n) is 10.1. The molecule has 1 saturated heterocycles. The summed E-state index contributed by atoms with van der Waals surface area (Å²) in [5, 5.41) is 3.03. The van der Waals surface area contributed by atoms with E-state index in [-0.39, 0.29) is 29.7 Å². The number of carbonyl (C=O) groups excluding carboxylic acids is 2. The molecule has 1 N–H and O–H groups in total. The Hall–Kier alpha value is -2.05. The van der Waals surface area contributed by atoms with Crippen molar-refractivity contribution in [1.82, 2.24) is 10.2 Å². The Morgan fingerprint density at radius 1 is 1.17 bits per heavy atom. The van der Waals surface area contributed by atoms with Crippen LogP contribution in [-0.4, -0.2) is 29.3 Å². The van der Waals surface area contributed by atoms with Crippen LogP contribution < -0.4 is 5.32 Å². The van der Waals surface area contributed by atoms with Crippen molar-refractivity contribution in [2.24, 2.45) is 23.2 Å². The highest BCUT2D eigenvalue weighted by molar-refractivity contribution is 5.81. The maximum atomic E-state index is 12.8. The van der Waals surface area contributed by atoms with Gasteiger partial charge in [0.2, 0.25) is 11.8 Å². The van der Waals surface area contributed by atoms with E-state index in [4.69, 9.17) is 0 Å². The number of halogens is 3. The second-order valence-corrected chi connectivity index (χ2v) is 9.49. The number of benzene rings is 1. The molecule has 3 rings (SSSR count). The third kappa shape index (κ3) is 4.59. The summed E-state index contributed by atoms with van der Waals surface area (Å²) in [6.07, 6.45) is -3.07. The van der Waals surface area contributed by atoms with Crippen LogP contribution in [0.2, 0.25) is 0 Å². The number of rotatable bonds is 4. The zero-order valence-corrected chi connectivity index (χ0v) is 17.3. The van der Waals surface area contributed by atoms with Crippen LogP contribution in [0.1, 0.15) is 51.7 Å². The molecule has 0 aromatic heterocycles. The van der Waals surface area contributed by atoms with Gasteiger partial charge in [0.25, 0.3) is 0 Å². The Bertz CT molecular complexity index is 768. The number of carbonyl (C=O) groups is 2. The van der Waals surface area contributed by atoms with Crippen molar-refractivity contribution >= 4 is 11.8 Å². The first-order valence-corrected chi connectivity index (χ1v) is 10.1. The molecule has 4 atom stereocenters. The lowest BCUT2D eigenvalue weighted by Crippen LogP contribution is -2.39. The maximum Gasteiger partial charge on any atom is 0.416 e. The predicted molar refractivity (Wildman–Crippen MR) is 104 cm³/mol. The summed E-state index contributed by atoms with van der Waals surface area (Å²) in [7, 11) is 0. The lowest BCUT2D eigenvalue weighted by Gasteiger charge is -2.25. The molecule has 160 valence electrons. The maximum absolute atomic E-state index is 12.8. The van der Waals surface area contributed by atoms with Crippen LogP contribution in [-0.2, 0) is 22.3 Å². The van der Waals surface area contributed by atoms with Crippen molar-refractivity contribution in [1.29, 1.82) is 0 Å². The smallest absolute Gasteiger partial charge is 0.355 e. The van der Waals surface area contributed by atoms with Crippen LogP contribution in [0.5, 0.6) is 0 Å². The molecule has 0 bridgehead atoms. The molecule has 1 aliphatic heterocycles. The van der Waals surface area contributed by atoms with E-state index in [1.54, 1.807) is 0 Å². The van der Waals surface area contributed by atoms with Gasteiger partial charge in [0, 0.05) is 31.0 Å². The average molecular weight is 410 g/mol. The quantitative estimate of drug-likeness (QED) is 0.807. The Kier molecular flexibility index (Phi) is 5.71. The SMILES string of the molecule is C[C@H]1C[C@@H]2[C@@H](CC(=O)N2Cc2ccc(C(F)(F)F)cc2)[C@@H]1CNC(=O)C(C)(C)C. The van der Waals surface area contributed by atoms with Gasteiger partial charge in [-0.3, -0.25) is 9.59 Å². The Balaban J connectivity index is 1.66. The van der Waals surface area contributed by atoms with E-state index in [1.165, 1.54) is 12.1 Å². The van der Waals surface area contributed by atoms with Gasteiger partial charge in [0.1, 0.15) is 0 Å². The van der Waals surface area contributed by atoms with Gasteiger partial charge in [-0.15, -0.1) is 0 Å². The van der Waals surface area contributed by atoms with Crippen LogP contribution >= 0.6 is 0 Å². The van der Waals surface area contributed by atoms with Gasteiger partial charge in [-0.05, 0) is 41.9 Å². The number of amides is 2. The van der Waals surface area contributed by atoms with E-state index in [9.17, 15) is 22.8 Å². The summed E-state index contributed by atoms with van der Waals surface area (Å²) in [5.74, 6) is 0.812. The van der Waals surface area contributed by atoms with Gasteiger partial charge >= 0.3 is 6.18 Å². The highest BCUT2D eigenvalue weighted by atomic mass is 19.4. The number of fused-ring (bicyclic) bond motifs is 1. The minimum absolute atomic E-state index is 0.000848. The number of nitrogens with zero attached hydrogens (tertiary/aromatic N) is 1. The third-order valence-corrected chi connectivity index (χ3v) is 6.33. The lowest BCUT2D eigenvalue weighted by molar-refractivity contribution is -0.137. The molecule has 29 heavy (non-hydrogen) atoms. The van der Waals surface area contributed by atoms with E-state index in [2.05, 4.69) is 12.2 Å². The molecule has 0 spiro atoms. The fourth-order valence-electron chi connectivity index (χ4n) is 4.62. The Labute approximate surface area is 169 Å². The molecule has 1 aromatic rings. The Morgan fingerprint density at radius 3 is 2.34 bits per heavy atom. The van der Waals surface area contributed by atoms with E-state index in [0.717, 1.165) is 18.6 Å². The molecule has 0 radical (unpaired) electrons. The predicted octanol–water partition coefficient (Wildman–Crippen LogP) is 4.24.